The summed E-state index contributed by atoms with van der Waals surface area (Å²) in [5.41, 5.74) is 8.41. The number of aromatic nitrogens is 3. The number of para-hydroxylation sites is 4. The summed E-state index contributed by atoms with van der Waals surface area (Å²) >= 11 is 0. The van der Waals surface area contributed by atoms with E-state index in [9.17, 15) is 8.22 Å². The van der Waals surface area contributed by atoms with E-state index in [4.69, 9.17) is 15.2 Å². The Morgan fingerprint density at radius 1 is 0.569 bits per heavy atom. The molecule has 6 nitrogen and oxygen atoms in total. The maximum Gasteiger partial charge on any atom is 0.186 e. The second-order valence-corrected chi connectivity index (χ2v) is 24.0. The Morgan fingerprint density at radius 2 is 1.21 bits per heavy atom. The predicted molar refractivity (Wildman–Crippen MR) is 304 cm³/mol. The highest BCUT2D eigenvalue weighted by Crippen LogP contribution is 2.67. The van der Waals surface area contributed by atoms with Crippen LogP contribution in [-0.4, -0.2) is 20.8 Å². The van der Waals surface area contributed by atoms with Gasteiger partial charge in [-0.1, -0.05) is 162 Å². The largest absolute Gasteiger partial charge is 0.457 e. The van der Waals surface area contributed by atoms with E-state index in [0.717, 1.165) is 39.2 Å². The van der Waals surface area contributed by atoms with Crippen LogP contribution in [0.2, 0.25) is 0 Å². The fourth-order valence-corrected chi connectivity index (χ4v) is 11.1. The number of benzene rings is 7. The van der Waals surface area contributed by atoms with Crippen LogP contribution in [0.25, 0.3) is 55.1 Å². The van der Waals surface area contributed by atoms with Gasteiger partial charge < -0.3 is 9.30 Å². The SMILES string of the molecule is [2H]c1c([2H])c([2H])c2c(c1[2H])c1c([2H])c([2H])c([2H])c([2H])c1n2-c1cc(Oc2cccc([N@@+]34[CH-][N@@+](c5cc(C(C)(C)C)cc(C(C)(C)C)c5)(C3)c3c(C([2H])([2H])C(C)(C)C)cccc34)c2)cc2c1c1ccccc1n2-c1cc(C(C)(C)C)ccn1. The first-order chi connectivity index (χ1) is 38.2. The average molecular weight is 957 g/mol. The van der Waals surface area contributed by atoms with Gasteiger partial charge in [0.1, 0.15) is 28.7 Å². The molecule has 13 rings (SSSR count). The second-order valence-electron chi connectivity index (χ2n) is 24.0. The van der Waals surface area contributed by atoms with Gasteiger partial charge in [-0.3, -0.25) is 13.5 Å². The van der Waals surface area contributed by atoms with Crippen LogP contribution in [0.3, 0.4) is 0 Å². The van der Waals surface area contributed by atoms with Crippen LogP contribution < -0.4 is 13.7 Å². The molecular formula is C66H68N5O+. The van der Waals surface area contributed by atoms with Crippen molar-refractivity contribution in [2.24, 2.45) is 5.41 Å². The van der Waals surface area contributed by atoms with Gasteiger partial charge in [0.05, 0.1) is 45.4 Å². The molecule has 0 aliphatic carbocycles. The fourth-order valence-electron chi connectivity index (χ4n) is 11.1. The number of rotatable bonds is 7. The molecule has 72 heavy (non-hydrogen) atoms. The maximum atomic E-state index is 9.83. The van der Waals surface area contributed by atoms with Crippen molar-refractivity contribution in [2.75, 3.05) is 6.67 Å². The lowest BCUT2D eigenvalue weighted by molar-refractivity contribution is 0.185. The Hall–Kier alpha value is -6.99. The minimum atomic E-state index is -1.72. The van der Waals surface area contributed by atoms with Crippen molar-refractivity contribution in [1.82, 2.24) is 23.1 Å². The monoisotopic (exact) mass is 957 g/mol. The van der Waals surface area contributed by atoms with Crippen LogP contribution in [0.5, 0.6) is 11.5 Å². The van der Waals surface area contributed by atoms with Crippen LogP contribution in [0.4, 0.5) is 22.7 Å². The predicted octanol–water partition coefficient (Wildman–Crippen LogP) is 17.9. The van der Waals surface area contributed by atoms with Crippen LogP contribution in [-0.2, 0) is 22.6 Å². The summed E-state index contributed by atoms with van der Waals surface area (Å²) in [7, 11) is 0. The highest BCUT2D eigenvalue weighted by atomic mass is 16.5. The number of pyridine rings is 1. The van der Waals surface area contributed by atoms with Crippen LogP contribution in [0.1, 0.15) is 119 Å². The smallest absolute Gasteiger partial charge is 0.186 e. The minimum Gasteiger partial charge on any atom is -0.457 e. The third kappa shape index (κ3) is 7.23. The van der Waals surface area contributed by atoms with Gasteiger partial charge in [-0.25, -0.2) is 4.98 Å². The molecule has 6 heteroatoms. The first kappa shape index (κ1) is 36.0. The fraction of sp³-hybridized carbons (Fsp3) is 0.273. The number of ether oxygens (including phenoxy) is 1. The molecule has 362 valence electrons. The second kappa shape index (κ2) is 15.8. The maximum absolute atomic E-state index is 9.83. The van der Waals surface area contributed by atoms with Crippen molar-refractivity contribution >= 4 is 66.4 Å². The van der Waals surface area contributed by atoms with Crippen LogP contribution in [0.15, 0.2) is 164 Å². The zero-order valence-corrected chi connectivity index (χ0v) is 43.4. The molecule has 3 aliphatic heterocycles. The number of fused-ring (bicyclic) bond motifs is 6. The minimum absolute atomic E-state index is 0.00516. The number of hydrogen-bond acceptors (Lipinski definition) is 2. The molecule has 0 unspecified atom stereocenters. The van der Waals surface area contributed by atoms with Crippen LogP contribution >= 0.6 is 0 Å². The Labute approximate surface area is 440 Å². The Kier molecular flexibility index (Phi) is 7.88. The van der Waals surface area contributed by atoms with Gasteiger partial charge in [0.2, 0.25) is 0 Å². The summed E-state index contributed by atoms with van der Waals surface area (Å²) in [4.78, 5) is 4.96. The molecule has 2 bridgehead atoms. The van der Waals surface area contributed by atoms with Gasteiger partial charge in [0, 0.05) is 72.4 Å². The Bertz CT molecular complexity index is 4280. The molecule has 1 fully saturated rings. The summed E-state index contributed by atoms with van der Waals surface area (Å²) in [6, 6.07) is 32.9. The lowest BCUT2D eigenvalue weighted by Gasteiger charge is -2.56. The first-order valence-electron chi connectivity index (χ1n) is 30.0. The summed E-state index contributed by atoms with van der Waals surface area (Å²) in [5.74, 6) is 1.43. The molecule has 0 radical (unpaired) electrons. The molecule has 3 aromatic heterocycles. The topological polar surface area (TPSA) is 32.0 Å². The van der Waals surface area contributed by atoms with Gasteiger partial charge in [-0.2, -0.15) is 0 Å². The van der Waals surface area contributed by atoms with E-state index in [1.54, 1.807) is 16.8 Å². The van der Waals surface area contributed by atoms with E-state index in [1.807, 2.05) is 92.1 Å². The van der Waals surface area contributed by atoms with E-state index in [1.165, 1.54) is 11.1 Å². The van der Waals surface area contributed by atoms with Crippen molar-refractivity contribution in [3.63, 3.8) is 0 Å². The number of quaternary nitrogens is 2. The van der Waals surface area contributed by atoms with Gasteiger partial charge in [0.15, 0.2) is 18.0 Å². The Morgan fingerprint density at radius 3 is 1.86 bits per heavy atom. The van der Waals surface area contributed by atoms with E-state index in [2.05, 4.69) is 105 Å². The highest BCUT2D eigenvalue weighted by Gasteiger charge is 2.64. The molecule has 0 spiro atoms. The molecule has 0 N–H and O–H groups in total. The lowest BCUT2D eigenvalue weighted by atomic mass is 9.80. The van der Waals surface area contributed by atoms with Crippen molar-refractivity contribution in [1.29, 1.82) is 0 Å². The average Bonchev–Trinajstić information content (AvgIpc) is 1.54. The van der Waals surface area contributed by atoms with E-state index < -0.39 is 60.1 Å². The van der Waals surface area contributed by atoms with E-state index >= 15 is 0 Å². The third-order valence-electron chi connectivity index (χ3n) is 14.7. The molecule has 10 aromatic rings. The van der Waals surface area contributed by atoms with Crippen molar-refractivity contribution in [3.8, 4) is 23.0 Å². The highest BCUT2D eigenvalue weighted by molar-refractivity contribution is 6.16. The summed E-state index contributed by atoms with van der Waals surface area (Å²) in [6.07, 6.45) is 0.0687. The quantitative estimate of drug-likeness (QED) is 0.118. The molecule has 6 heterocycles. The summed E-state index contributed by atoms with van der Waals surface area (Å²) in [5, 5.41) is 1.34. The molecule has 3 aliphatic rings. The zero-order chi connectivity index (χ0) is 59.1. The molecule has 2 atom stereocenters. The van der Waals surface area contributed by atoms with E-state index in [-0.39, 0.29) is 38.1 Å². The van der Waals surface area contributed by atoms with Gasteiger partial charge in [-0.15, -0.1) is 0 Å². The third-order valence-corrected chi connectivity index (χ3v) is 14.7. The van der Waals surface area contributed by atoms with Crippen molar-refractivity contribution < 1.29 is 18.4 Å². The molecular weight excluding hydrogens is 879 g/mol. The zero-order valence-electron chi connectivity index (χ0n) is 53.4. The van der Waals surface area contributed by atoms with E-state index in [0.29, 0.717) is 55.1 Å². The normalized spacial score (nSPS) is 20.2. The Balaban J connectivity index is 1.12. The molecule has 0 amide bonds. The standard InChI is InChI=1S/C66H68N5O/c1-63(2,3)40-43-21-19-30-59-62(43)71(48-34-45(65(7,8)9)33-46(35-48)66(10,11)12)41-70(59,42-71)47-22-20-23-49(37-47)72-50-38-57(68-54-27-16-13-24-51(54)52-25-14-17-28-55(52)68)61-53-26-15-18-29-56(53)69(58(61)39-50)60-36-44(31-32-67-60)64(4,5)6/h13-39,41H,40,42H2,1-12H3/q+1/t70-,71+/m1/s1/i13D,14D,16D,17D,24D,25D,27D,28D,40D2. The summed E-state index contributed by atoms with van der Waals surface area (Å²) < 4.78 is 104. The van der Waals surface area contributed by atoms with Crippen LogP contribution in [0, 0.1) is 12.1 Å². The number of hydrogen-bond donors (Lipinski definition) is 0. The van der Waals surface area contributed by atoms with Gasteiger partial charge in [0.25, 0.3) is 0 Å². The van der Waals surface area contributed by atoms with Crippen molar-refractivity contribution in [3.05, 3.63) is 193 Å². The number of nitrogens with zero attached hydrogens (tertiary/aromatic N) is 5. The summed E-state index contributed by atoms with van der Waals surface area (Å²) in [6.45, 7) is 28.6. The van der Waals surface area contributed by atoms with Crippen molar-refractivity contribution in [2.45, 2.75) is 106 Å². The molecule has 1 saturated heterocycles. The van der Waals surface area contributed by atoms with Gasteiger partial charge >= 0.3 is 0 Å². The first-order valence-corrected chi connectivity index (χ1v) is 25.0. The lowest BCUT2D eigenvalue weighted by Crippen LogP contribution is -2.67. The van der Waals surface area contributed by atoms with Gasteiger partial charge in [-0.05, 0) is 87.1 Å². The molecule has 0 saturated carbocycles. The molecule has 7 aromatic carbocycles.